The Morgan fingerprint density at radius 3 is 2.32 bits per heavy atom. The van der Waals surface area contributed by atoms with Gasteiger partial charge in [0.15, 0.2) is 0 Å². The Morgan fingerprint density at radius 1 is 0.893 bits per heavy atom. The maximum atomic E-state index is 12.6. The largest absolute Gasteiger partial charge is 0.382 e. The summed E-state index contributed by atoms with van der Waals surface area (Å²) in [6.45, 7) is 2.24. The molecule has 1 saturated heterocycles. The molecule has 5 nitrogen and oxygen atoms in total. The van der Waals surface area contributed by atoms with Crippen molar-refractivity contribution in [2.45, 2.75) is 57.4 Å². The minimum absolute atomic E-state index is 0.168. The molecule has 0 atom stereocenters. The summed E-state index contributed by atoms with van der Waals surface area (Å²) < 4.78 is 0. The van der Waals surface area contributed by atoms with Crippen molar-refractivity contribution in [3.05, 3.63) is 48.3 Å². The van der Waals surface area contributed by atoms with Gasteiger partial charge in [-0.15, -0.1) is 0 Å². The van der Waals surface area contributed by atoms with Gasteiger partial charge < -0.3 is 15.5 Å². The molecule has 2 aromatic rings. The van der Waals surface area contributed by atoms with Crippen molar-refractivity contribution in [3.63, 3.8) is 0 Å². The fourth-order valence-corrected chi connectivity index (χ4v) is 4.23. The van der Waals surface area contributed by atoms with Crippen molar-refractivity contribution < 1.29 is 4.79 Å². The third kappa shape index (κ3) is 4.83. The smallest absolute Gasteiger partial charge is 0.274 e. The van der Waals surface area contributed by atoms with Crippen LogP contribution in [-0.2, 0) is 0 Å². The first-order valence-corrected chi connectivity index (χ1v) is 10.7. The molecule has 5 heteroatoms. The number of anilines is 3. The zero-order valence-corrected chi connectivity index (χ0v) is 16.5. The predicted octanol–water partition coefficient (Wildman–Crippen LogP) is 5.07. The van der Waals surface area contributed by atoms with Crippen LogP contribution in [0, 0.1) is 0 Å². The number of rotatable bonds is 5. The highest BCUT2D eigenvalue weighted by atomic mass is 16.1. The van der Waals surface area contributed by atoms with E-state index in [1.54, 1.807) is 6.20 Å². The molecule has 1 amide bonds. The molecule has 1 aliphatic heterocycles. The molecule has 2 heterocycles. The minimum Gasteiger partial charge on any atom is -0.382 e. The number of amides is 1. The van der Waals surface area contributed by atoms with Gasteiger partial charge in [0.25, 0.3) is 5.91 Å². The van der Waals surface area contributed by atoms with E-state index in [1.165, 1.54) is 57.1 Å². The zero-order valence-electron chi connectivity index (χ0n) is 16.5. The van der Waals surface area contributed by atoms with Crippen LogP contribution in [0.5, 0.6) is 0 Å². The summed E-state index contributed by atoms with van der Waals surface area (Å²) in [7, 11) is 0. The Kier molecular flexibility index (Phi) is 6.10. The van der Waals surface area contributed by atoms with Crippen LogP contribution in [0.3, 0.4) is 0 Å². The molecule has 2 N–H and O–H groups in total. The van der Waals surface area contributed by atoms with E-state index in [2.05, 4.69) is 32.7 Å². The van der Waals surface area contributed by atoms with Gasteiger partial charge in [0.2, 0.25) is 0 Å². The van der Waals surface area contributed by atoms with Gasteiger partial charge in [-0.1, -0.05) is 25.7 Å². The lowest BCUT2D eigenvalue weighted by Gasteiger charge is -2.18. The maximum Gasteiger partial charge on any atom is 0.274 e. The average Bonchev–Trinajstić information content (AvgIpc) is 3.14. The first-order chi connectivity index (χ1) is 13.8. The molecule has 1 aromatic carbocycles. The van der Waals surface area contributed by atoms with Gasteiger partial charge >= 0.3 is 0 Å². The minimum atomic E-state index is -0.168. The molecule has 0 unspecified atom stereocenters. The van der Waals surface area contributed by atoms with Gasteiger partial charge in [-0.05, 0) is 62.1 Å². The number of aromatic nitrogens is 1. The molecule has 1 aromatic heterocycles. The van der Waals surface area contributed by atoms with E-state index in [0.29, 0.717) is 11.7 Å². The van der Waals surface area contributed by atoms with Crippen LogP contribution in [0.2, 0.25) is 0 Å². The summed E-state index contributed by atoms with van der Waals surface area (Å²) in [6, 6.07) is 12.4. The van der Waals surface area contributed by atoms with Crippen molar-refractivity contribution in [2.24, 2.45) is 0 Å². The van der Waals surface area contributed by atoms with Crippen LogP contribution in [-0.4, -0.2) is 30.0 Å². The summed E-state index contributed by atoms with van der Waals surface area (Å²) in [5.74, 6) is -0.168. The number of nitrogens with one attached hydrogen (secondary N) is 2. The Hall–Kier alpha value is -2.56. The second-order valence-corrected chi connectivity index (χ2v) is 7.96. The number of benzene rings is 1. The van der Waals surface area contributed by atoms with Crippen molar-refractivity contribution in [3.8, 4) is 0 Å². The van der Waals surface area contributed by atoms with Gasteiger partial charge in [-0.25, -0.2) is 0 Å². The first kappa shape index (κ1) is 18.8. The van der Waals surface area contributed by atoms with Crippen LogP contribution >= 0.6 is 0 Å². The normalized spacial score (nSPS) is 17.9. The number of hydrogen-bond acceptors (Lipinski definition) is 4. The molecular formula is C23H30N4O. The van der Waals surface area contributed by atoms with E-state index >= 15 is 0 Å². The van der Waals surface area contributed by atoms with Crippen molar-refractivity contribution in [2.75, 3.05) is 28.6 Å². The molecule has 2 aliphatic rings. The van der Waals surface area contributed by atoms with Gasteiger partial charge in [-0.2, -0.15) is 0 Å². The van der Waals surface area contributed by atoms with E-state index in [9.17, 15) is 4.79 Å². The lowest BCUT2D eigenvalue weighted by Crippen LogP contribution is -2.19. The Labute approximate surface area is 167 Å². The van der Waals surface area contributed by atoms with Crippen molar-refractivity contribution in [1.82, 2.24) is 4.98 Å². The Morgan fingerprint density at radius 2 is 1.61 bits per heavy atom. The number of carbonyl (C=O) groups is 1. The van der Waals surface area contributed by atoms with Crippen LogP contribution in [0.15, 0.2) is 42.6 Å². The molecule has 0 radical (unpaired) electrons. The molecular weight excluding hydrogens is 348 g/mol. The molecule has 0 spiro atoms. The van der Waals surface area contributed by atoms with Gasteiger partial charge in [0.05, 0.1) is 0 Å². The summed E-state index contributed by atoms with van der Waals surface area (Å²) in [4.78, 5) is 19.3. The SMILES string of the molecule is O=C(Nc1ccc(N2CCCC2)cc1)c1cc(NC2CCCCCC2)ccn1. The highest BCUT2D eigenvalue weighted by Crippen LogP contribution is 2.23. The standard InChI is InChI=1S/C23H30N4O/c28-23(26-19-9-11-21(12-10-19)27-15-5-6-16-27)22-17-20(13-14-24-22)25-18-7-3-1-2-4-8-18/h9-14,17-18H,1-8,15-16H2,(H,24,25)(H,26,28). The summed E-state index contributed by atoms with van der Waals surface area (Å²) in [6.07, 6.45) is 11.9. The maximum absolute atomic E-state index is 12.6. The molecule has 2 fully saturated rings. The van der Waals surface area contributed by atoms with Crippen LogP contribution in [0.1, 0.15) is 61.9 Å². The molecule has 148 valence electrons. The molecule has 28 heavy (non-hydrogen) atoms. The van der Waals surface area contributed by atoms with Gasteiger partial charge in [-0.3, -0.25) is 9.78 Å². The third-order valence-corrected chi connectivity index (χ3v) is 5.81. The monoisotopic (exact) mass is 378 g/mol. The second kappa shape index (κ2) is 9.09. The number of carbonyl (C=O) groups excluding carboxylic acids is 1. The van der Waals surface area contributed by atoms with Crippen LogP contribution in [0.4, 0.5) is 17.1 Å². The van der Waals surface area contributed by atoms with Crippen LogP contribution < -0.4 is 15.5 Å². The fraction of sp³-hybridized carbons (Fsp3) is 0.478. The lowest BCUT2D eigenvalue weighted by molar-refractivity contribution is 0.102. The summed E-state index contributed by atoms with van der Waals surface area (Å²) in [5.41, 5.74) is 3.46. The number of pyridine rings is 1. The summed E-state index contributed by atoms with van der Waals surface area (Å²) in [5, 5.41) is 6.56. The van der Waals surface area contributed by atoms with Gasteiger partial charge in [0, 0.05) is 42.4 Å². The average molecular weight is 379 g/mol. The van der Waals surface area contributed by atoms with E-state index in [1.807, 2.05) is 24.3 Å². The van der Waals surface area contributed by atoms with E-state index in [0.717, 1.165) is 24.5 Å². The quantitative estimate of drug-likeness (QED) is 0.713. The topological polar surface area (TPSA) is 57.3 Å². The molecule has 0 bridgehead atoms. The Bertz CT molecular complexity index is 775. The highest BCUT2D eigenvalue weighted by molar-refractivity contribution is 6.03. The first-order valence-electron chi connectivity index (χ1n) is 10.7. The number of nitrogens with zero attached hydrogens (tertiary/aromatic N) is 2. The zero-order chi connectivity index (χ0) is 19.2. The van der Waals surface area contributed by atoms with Crippen molar-refractivity contribution >= 4 is 23.0 Å². The molecule has 1 saturated carbocycles. The number of hydrogen-bond donors (Lipinski definition) is 2. The second-order valence-electron chi connectivity index (χ2n) is 7.96. The van der Waals surface area contributed by atoms with Crippen LogP contribution in [0.25, 0.3) is 0 Å². The lowest BCUT2D eigenvalue weighted by atomic mass is 10.1. The molecule has 4 rings (SSSR count). The van der Waals surface area contributed by atoms with E-state index in [-0.39, 0.29) is 5.91 Å². The fourth-order valence-electron chi connectivity index (χ4n) is 4.23. The third-order valence-electron chi connectivity index (χ3n) is 5.81. The highest BCUT2D eigenvalue weighted by Gasteiger charge is 2.15. The predicted molar refractivity (Wildman–Crippen MR) is 115 cm³/mol. The van der Waals surface area contributed by atoms with Crippen molar-refractivity contribution in [1.29, 1.82) is 0 Å². The Balaban J connectivity index is 1.37. The molecule has 1 aliphatic carbocycles. The van der Waals surface area contributed by atoms with E-state index in [4.69, 9.17) is 0 Å². The summed E-state index contributed by atoms with van der Waals surface area (Å²) >= 11 is 0. The van der Waals surface area contributed by atoms with Gasteiger partial charge in [0.1, 0.15) is 5.69 Å². The van der Waals surface area contributed by atoms with E-state index < -0.39 is 0 Å².